The number of carbonyl (C=O) groups is 2. The number of benzene rings is 1. The fraction of sp³-hybridized carbons (Fsp3) is 0.400. The Balaban J connectivity index is 2.75. The topological polar surface area (TPSA) is 73.2 Å². The first-order valence-corrected chi connectivity index (χ1v) is 6.63. The van der Waals surface area contributed by atoms with E-state index in [1.54, 1.807) is 30.0 Å². The molecule has 0 aliphatic carbocycles. The number of hydrogen-bond donors (Lipinski definition) is 1. The minimum absolute atomic E-state index is 0.111. The Labute approximate surface area is 119 Å². The van der Waals surface area contributed by atoms with Crippen molar-refractivity contribution in [3.8, 4) is 6.07 Å². The Hall–Kier alpha value is -2.35. The van der Waals surface area contributed by atoms with E-state index in [9.17, 15) is 9.59 Å². The molecule has 5 heteroatoms. The van der Waals surface area contributed by atoms with Gasteiger partial charge >= 0.3 is 0 Å². The summed E-state index contributed by atoms with van der Waals surface area (Å²) in [5, 5.41) is 11.5. The molecule has 1 unspecified atom stereocenters. The van der Waals surface area contributed by atoms with Gasteiger partial charge in [-0.15, -0.1) is 0 Å². The maximum atomic E-state index is 12.1. The molecule has 0 aliphatic heterocycles. The van der Waals surface area contributed by atoms with Crippen molar-refractivity contribution in [1.29, 1.82) is 5.26 Å². The first-order valence-electron chi connectivity index (χ1n) is 6.63. The lowest BCUT2D eigenvalue weighted by molar-refractivity contribution is -0.132. The molecule has 1 rings (SSSR count). The number of nitrogens with one attached hydrogen (secondary N) is 1. The summed E-state index contributed by atoms with van der Waals surface area (Å²) in [6, 6.07) is 7.78. The van der Waals surface area contributed by atoms with Crippen LogP contribution in [-0.4, -0.2) is 35.8 Å². The first kappa shape index (κ1) is 15.7. The second-order valence-corrected chi connectivity index (χ2v) is 4.40. The monoisotopic (exact) mass is 273 g/mol. The van der Waals surface area contributed by atoms with Crippen molar-refractivity contribution in [2.24, 2.45) is 0 Å². The van der Waals surface area contributed by atoms with E-state index in [2.05, 4.69) is 5.32 Å². The van der Waals surface area contributed by atoms with Gasteiger partial charge in [0.1, 0.15) is 6.04 Å². The highest BCUT2D eigenvalue weighted by molar-refractivity contribution is 5.97. The fourth-order valence-corrected chi connectivity index (χ4v) is 1.88. The first-order chi connectivity index (χ1) is 9.53. The predicted molar refractivity (Wildman–Crippen MR) is 76.0 cm³/mol. The predicted octanol–water partition coefficient (Wildman–Crippen LogP) is 1.54. The zero-order valence-corrected chi connectivity index (χ0v) is 12.0. The van der Waals surface area contributed by atoms with Crippen LogP contribution in [0.3, 0.4) is 0 Å². The number of likely N-dealkylation sites (N-methyl/N-ethyl adjacent to an activating group) is 1. The maximum Gasteiger partial charge on any atom is 0.251 e. The Morgan fingerprint density at radius 2 is 2.00 bits per heavy atom. The number of carbonyl (C=O) groups excluding carboxylic acids is 2. The van der Waals surface area contributed by atoms with Crippen molar-refractivity contribution in [2.75, 3.05) is 13.1 Å². The summed E-state index contributed by atoms with van der Waals surface area (Å²) < 4.78 is 0. The van der Waals surface area contributed by atoms with Crippen LogP contribution in [-0.2, 0) is 4.79 Å². The van der Waals surface area contributed by atoms with Gasteiger partial charge in [-0.3, -0.25) is 9.59 Å². The summed E-state index contributed by atoms with van der Waals surface area (Å²) in [4.78, 5) is 25.8. The number of nitrogens with zero attached hydrogens (tertiary/aromatic N) is 2. The third kappa shape index (κ3) is 3.82. The van der Waals surface area contributed by atoms with Gasteiger partial charge in [-0.1, -0.05) is 6.07 Å². The SMILES string of the molecule is CCN(CC)C(=O)C(C)NC(=O)c1cccc(C#N)c1. The van der Waals surface area contributed by atoms with Crippen LogP contribution in [0.4, 0.5) is 0 Å². The largest absolute Gasteiger partial charge is 0.341 e. The summed E-state index contributed by atoms with van der Waals surface area (Å²) in [7, 11) is 0. The van der Waals surface area contributed by atoms with Crippen LogP contribution in [0.1, 0.15) is 36.7 Å². The van der Waals surface area contributed by atoms with Crippen molar-refractivity contribution in [1.82, 2.24) is 10.2 Å². The van der Waals surface area contributed by atoms with Gasteiger partial charge in [0.25, 0.3) is 5.91 Å². The Kier molecular flexibility index (Phi) is 5.73. The third-order valence-electron chi connectivity index (χ3n) is 3.05. The lowest BCUT2D eigenvalue weighted by atomic mass is 10.1. The van der Waals surface area contributed by atoms with E-state index >= 15 is 0 Å². The van der Waals surface area contributed by atoms with Crippen LogP contribution >= 0.6 is 0 Å². The molecule has 1 atom stereocenters. The molecule has 5 nitrogen and oxygen atoms in total. The molecule has 2 amide bonds. The van der Waals surface area contributed by atoms with Crippen molar-refractivity contribution in [3.05, 3.63) is 35.4 Å². The number of nitriles is 1. The van der Waals surface area contributed by atoms with Crippen molar-refractivity contribution >= 4 is 11.8 Å². The van der Waals surface area contributed by atoms with Crippen LogP contribution in [0.5, 0.6) is 0 Å². The average Bonchev–Trinajstić information content (AvgIpc) is 2.48. The summed E-state index contributed by atoms with van der Waals surface area (Å²) in [5.41, 5.74) is 0.795. The zero-order chi connectivity index (χ0) is 15.1. The summed E-state index contributed by atoms with van der Waals surface area (Å²) >= 11 is 0. The number of rotatable bonds is 5. The van der Waals surface area contributed by atoms with Crippen LogP contribution < -0.4 is 5.32 Å². The fourth-order valence-electron chi connectivity index (χ4n) is 1.88. The highest BCUT2D eigenvalue weighted by Gasteiger charge is 2.20. The third-order valence-corrected chi connectivity index (χ3v) is 3.05. The van der Waals surface area contributed by atoms with Crippen LogP contribution in [0.25, 0.3) is 0 Å². The molecule has 0 aromatic heterocycles. The lowest BCUT2D eigenvalue weighted by Gasteiger charge is -2.23. The highest BCUT2D eigenvalue weighted by Crippen LogP contribution is 2.05. The smallest absolute Gasteiger partial charge is 0.251 e. The van der Waals surface area contributed by atoms with Crippen LogP contribution in [0.2, 0.25) is 0 Å². The quantitative estimate of drug-likeness (QED) is 0.884. The van der Waals surface area contributed by atoms with Gasteiger partial charge in [0.05, 0.1) is 11.6 Å². The van der Waals surface area contributed by atoms with Crippen molar-refractivity contribution in [2.45, 2.75) is 26.8 Å². The van der Waals surface area contributed by atoms with E-state index in [4.69, 9.17) is 5.26 Å². The van der Waals surface area contributed by atoms with Gasteiger partial charge in [-0.05, 0) is 39.0 Å². The Morgan fingerprint density at radius 3 is 2.55 bits per heavy atom. The average molecular weight is 273 g/mol. The Morgan fingerprint density at radius 1 is 1.35 bits per heavy atom. The molecule has 20 heavy (non-hydrogen) atoms. The molecule has 0 saturated heterocycles. The van der Waals surface area contributed by atoms with E-state index < -0.39 is 6.04 Å². The molecule has 106 valence electrons. The molecule has 1 aromatic rings. The second kappa shape index (κ2) is 7.29. The van der Waals surface area contributed by atoms with E-state index in [1.165, 1.54) is 6.07 Å². The minimum Gasteiger partial charge on any atom is -0.341 e. The van der Waals surface area contributed by atoms with Crippen molar-refractivity contribution < 1.29 is 9.59 Å². The molecule has 0 aliphatic rings. The van der Waals surface area contributed by atoms with Gasteiger partial charge in [-0.2, -0.15) is 5.26 Å². The van der Waals surface area contributed by atoms with Crippen molar-refractivity contribution in [3.63, 3.8) is 0 Å². The van der Waals surface area contributed by atoms with Gasteiger partial charge in [0.15, 0.2) is 0 Å². The molecule has 1 aromatic carbocycles. The second-order valence-electron chi connectivity index (χ2n) is 4.40. The summed E-state index contributed by atoms with van der Waals surface area (Å²) in [6.45, 7) is 6.67. The van der Waals surface area contributed by atoms with E-state index in [-0.39, 0.29) is 11.8 Å². The normalized spacial score (nSPS) is 11.3. The molecule has 0 fully saturated rings. The molecular formula is C15H19N3O2. The highest BCUT2D eigenvalue weighted by atomic mass is 16.2. The van der Waals surface area contributed by atoms with Crippen LogP contribution in [0, 0.1) is 11.3 Å². The summed E-state index contributed by atoms with van der Waals surface area (Å²) in [6.07, 6.45) is 0. The molecular weight excluding hydrogens is 254 g/mol. The minimum atomic E-state index is -0.590. The maximum absolute atomic E-state index is 12.1. The standard InChI is InChI=1S/C15H19N3O2/c1-4-18(5-2)15(20)11(3)17-14(19)13-8-6-7-12(9-13)10-16/h6-9,11H,4-5H2,1-3H3,(H,17,19). The zero-order valence-electron chi connectivity index (χ0n) is 12.0. The molecule has 0 heterocycles. The molecule has 0 radical (unpaired) electrons. The number of amides is 2. The summed E-state index contributed by atoms with van der Waals surface area (Å²) in [5.74, 6) is -0.463. The van der Waals surface area contributed by atoms with E-state index in [1.807, 2.05) is 19.9 Å². The number of hydrogen-bond acceptors (Lipinski definition) is 3. The van der Waals surface area contributed by atoms with E-state index in [0.29, 0.717) is 24.2 Å². The Bertz CT molecular complexity index is 530. The lowest BCUT2D eigenvalue weighted by Crippen LogP contribution is -2.46. The molecule has 0 bridgehead atoms. The van der Waals surface area contributed by atoms with Crippen LogP contribution in [0.15, 0.2) is 24.3 Å². The van der Waals surface area contributed by atoms with E-state index in [0.717, 1.165) is 0 Å². The van der Waals surface area contributed by atoms with Gasteiger partial charge < -0.3 is 10.2 Å². The van der Waals surface area contributed by atoms with Gasteiger partial charge in [-0.25, -0.2) is 0 Å². The molecule has 0 spiro atoms. The molecule has 0 saturated carbocycles. The molecule has 1 N–H and O–H groups in total. The van der Waals surface area contributed by atoms with Gasteiger partial charge in [0, 0.05) is 18.7 Å². The van der Waals surface area contributed by atoms with Gasteiger partial charge in [0.2, 0.25) is 5.91 Å².